The summed E-state index contributed by atoms with van der Waals surface area (Å²) in [4.78, 5) is 14.7. The number of hydrogen-bond donors (Lipinski definition) is 0. The molecule has 0 unspecified atom stereocenters. The van der Waals surface area contributed by atoms with Gasteiger partial charge in [0.15, 0.2) is 0 Å². The van der Waals surface area contributed by atoms with E-state index in [1.165, 1.54) is 25.7 Å². The zero-order valence-electron chi connectivity index (χ0n) is 15.1. The van der Waals surface area contributed by atoms with E-state index in [1.54, 1.807) is 0 Å². The Balaban J connectivity index is 1.86. The average molecular weight is 335 g/mol. The molecule has 0 fully saturated rings. The van der Waals surface area contributed by atoms with Crippen molar-refractivity contribution in [1.82, 2.24) is 0 Å². The number of carbonyl (C=O) groups excluding carboxylic acids is 1. The van der Waals surface area contributed by atoms with Crippen LogP contribution in [0.3, 0.4) is 0 Å². The SMILES string of the molecule is C=CCCCCCCCCC(=O)N(c1ccccc1)c1ccccc1. The number of rotatable bonds is 11. The maximum atomic E-state index is 12.8. The fraction of sp³-hybridized carbons (Fsp3) is 0.348. The van der Waals surface area contributed by atoms with Crippen LogP contribution in [0, 0.1) is 0 Å². The summed E-state index contributed by atoms with van der Waals surface area (Å²) in [5.41, 5.74) is 1.87. The highest BCUT2D eigenvalue weighted by Crippen LogP contribution is 2.26. The van der Waals surface area contributed by atoms with Crippen molar-refractivity contribution in [2.75, 3.05) is 4.90 Å². The Morgan fingerprint density at radius 2 is 1.24 bits per heavy atom. The molecule has 2 rings (SSSR count). The fourth-order valence-corrected chi connectivity index (χ4v) is 2.97. The van der Waals surface area contributed by atoms with Gasteiger partial charge in [-0.3, -0.25) is 9.69 Å². The predicted octanol–water partition coefficient (Wildman–Crippen LogP) is 6.66. The first-order valence-corrected chi connectivity index (χ1v) is 9.37. The van der Waals surface area contributed by atoms with E-state index >= 15 is 0 Å². The number of para-hydroxylation sites is 2. The van der Waals surface area contributed by atoms with E-state index in [4.69, 9.17) is 0 Å². The van der Waals surface area contributed by atoms with Gasteiger partial charge in [0.05, 0.1) is 0 Å². The Kier molecular flexibility index (Phi) is 8.54. The highest BCUT2D eigenvalue weighted by Gasteiger charge is 2.16. The minimum Gasteiger partial charge on any atom is -0.281 e. The van der Waals surface area contributed by atoms with Gasteiger partial charge in [-0.15, -0.1) is 6.58 Å². The van der Waals surface area contributed by atoms with Gasteiger partial charge in [0.2, 0.25) is 5.91 Å². The molecule has 0 bridgehead atoms. The van der Waals surface area contributed by atoms with Gasteiger partial charge in [0.25, 0.3) is 0 Å². The standard InChI is InChI=1S/C23H29NO/c1-2-3-4-5-6-7-8-15-20-23(25)24(21-16-11-9-12-17-21)22-18-13-10-14-19-22/h2,9-14,16-19H,1,3-8,15,20H2. The largest absolute Gasteiger partial charge is 0.281 e. The van der Waals surface area contributed by atoms with Crippen LogP contribution in [-0.4, -0.2) is 5.91 Å². The molecule has 0 spiro atoms. The Labute approximate surface area is 152 Å². The van der Waals surface area contributed by atoms with E-state index in [2.05, 4.69) is 6.58 Å². The molecule has 0 N–H and O–H groups in total. The first kappa shape index (κ1) is 19.0. The van der Waals surface area contributed by atoms with E-state index in [-0.39, 0.29) is 5.91 Å². The van der Waals surface area contributed by atoms with Crippen LogP contribution in [0.1, 0.15) is 51.4 Å². The van der Waals surface area contributed by atoms with Crippen molar-refractivity contribution in [3.8, 4) is 0 Å². The van der Waals surface area contributed by atoms with Crippen LogP contribution >= 0.6 is 0 Å². The summed E-state index contributed by atoms with van der Waals surface area (Å²) in [6.07, 6.45) is 10.7. The van der Waals surface area contributed by atoms with Crippen molar-refractivity contribution in [2.24, 2.45) is 0 Å². The number of anilines is 2. The minimum atomic E-state index is 0.170. The van der Waals surface area contributed by atoms with Crippen molar-refractivity contribution < 1.29 is 4.79 Å². The third-order valence-electron chi connectivity index (χ3n) is 4.33. The van der Waals surface area contributed by atoms with E-state index in [0.717, 1.165) is 30.6 Å². The highest BCUT2D eigenvalue weighted by atomic mass is 16.2. The van der Waals surface area contributed by atoms with Gasteiger partial charge in [0.1, 0.15) is 0 Å². The van der Waals surface area contributed by atoms with Crippen LogP contribution in [0.2, 0.25) is 0 Å². The molecule has 0 saturated carbocycles. The summed E-state index contributed by atoms with van der Waals surface area (Å²) >= 11 is 0. The quantitative estimate of drug-likeness (QED) is 0.332. The van der Waals surface area contributed by atoms with Gasteiger partial charge >= 0.3 is 0 Å². The lowest BCUT2D eigenvalue weighted by atomic mass is 10.1. The average Bonchev–Trinajstić information content (AvgIpc) is 2.66. The van der Waals surface area contributed by atoms with Crippen molar-refractivity contribution >= 4 is 17.3 Å². The van der Waals surface area contributed by atoms with Gasteiger partial charge in [0, 0.05) is 17.8 Å². The van der Waals surface area contributed by atoms with E-state index in [9.17, 15) is 4.79 Å². The Morgan fingerprint density at radius 3 is 1.76 bits per heavy atom. The minimum absolute atomic E-state index is 0.170. The number of nitrogens with zero attached hydrogens (tertiary/aromatic N) is 1. The third-order valence-corrected chi connectivity index (χ3v) is 4.33. The second kappa shape index (κ2) is 11.2. The lowest BCUT2D eigenvalue weighted by molar-refractivity contribution is -0.118. The Bertz CT molecular complexity index is 582. The topological polar surface area (TPSA) is 20.3 Å². The molecule has 25 heavy (non-hydrogen) atoms. The monoisotopic (exact) mass is 335 g/mol. The Morgan fingerprint density at radius 1 is 0.760 bits per heavy atom. The lowest BCUT2D eigenvalue weighted by Crippen LogP contribution is -2.25. The molecule has 0 saturated heterocycles. The molecule has 0 aliphatic carbocycles. The summed E-state index contributed by atoms with van der Waals surface area (Å²) in [5.74, 6) is 0.170. The zero-order chi connectivity index (χ0) is 17.7. The van der Waals surface area contributed by atoms with Crippen molar-refractivity contribution in [2.45, 2.75) is 51.4 Å². The summed E-state index contributed by atoms with van der Waals surface area (Å²) in [6.45, 7) is 3.75. The number of allylic oxidation sites excluding steroid dienone is 1. The number of unbranched alkanes of at least 4 members (excludes halogenated alkanes) is 6. The molecule has 0 aliphatic heterocycles. The summed E-state index contributed by atoms with van der Waals surface area (Å²) in [6, 6.07) is 19.8. The molecule has 0 atom stereocenters. The van der Waals surface area contributed by atoms with Crippen molar-refractivity contribution in [3.05, 3.63) is 73.3 Å². The third kappa shape index (κ3) is 6.58. The van der Waals surface area contributed by atoms with Gasteiger partial charge in [-0.1, -0.05) is 68.2 Å². The number of hydrogen-bond acceptors (Lipinski definition) is 1. The van der Waals surface area contributed by atoms with Crippen molar-refractivity contribution in [3.63, 3.8) is 0 Å². The van der Waals surface area contributed by atoms with E-state index in [1.807, 2.05) is 71.6 Å². The molecular weight excluding hydrogens is 306 g/mol. The molecule has 1 amide bonds. The van der Waals surface area contributed by atoms with E-state index < -0.39 is 0 Å². The van der Waals surface area contributed by atoms with E-state index in [0.29, 0.717) is 6.42 Å². The summed E-state index contributed by atoms with van der Waals surface area (Å²) in [7, 11) is 0. The van der Waals surface area contributed by atoms with Gasteiger partial charge in [-0.25, -0.2) is 0 Å². The molecule has 2 aromatic carbocycles. The summed E-state index contributed by atoms with van der Waals surface area (Å²) < 4.78 is 0. The first-order chi connectivity index (χ1) is 12.3. The normalized spacial score (nSPS) is 10.4. The summed E-state index contributed by atoms with van der Waals surface area (Å²) in [5, 5.41) is 0. The second-order valence-electron chi connectivity index (χ2n) is 6.35. The maximum absolute atomic E-state index is 12.8. The molecule has 132 valence electrons. The first-order valence-electron chi connectivity index (χ1n) is 9.37. The lowest BCUT2D eigenvalue weighted by Gasteiger charge is -2.23. The zero-order valence-corrected chi connectivity index (χ0v) is 15.1. The fourth-order valence-electron chi connectivity index (χ4n) is 2.97. The van der Waals surface area contributed by atoms with Gasteiger partial charge in [-0.05, 0) is 43.5 Å². The van der Waals surface area contributed by atoms with Crippen LogP contribution in [0.25, 0.3) is 0 Å². The number of amides is 1. The molecule has 2 nitrogen and oxygen atoms in total. The highest BCUT2D eigenvalue weighted by molar-refractivity contribution is 6.00. The number of carbonyl (C=O) groups is 1. The molecule has 0 aliphatic rings. The van der Waals surface area contributed by atoms with Gasteiger partial charge < -0.3 is 0 Å². The molecule has 2 aromatic rings. The van der Waals surface area contributed by atoms with Crippen LogP contribution < -0.4 is 4.90 Å². The second-order valence-corrected chi connectivity index (χ2v) is 6.35. The predicted molar refractivity (Wildman–Crippen MR) is 107 cm³/mol. The number of benzene rings is 2. The van der Waals surface area contributed by atoms with Gasteiger partial charge in [-0.2, -0.15) is 0 Å². The smallest absolute Gasteiger partial charge is 0.231 e. The van der Waals surface area contributed by atoms with Crippen LogP contribution in [-0.2, 0) is 4.79 Å². The molecular formula is C23H29NO. The van der Waals surface area contributed by atoms with Crippen molar-refractivity contribution in [1.29, 1.82) is 0 Å². The molecule has 0 heterocycles. The van der Waals surface area contributed by atoms with Crippen LogP contribution in [0.4, 0.5) is 11.4 Å². The Hall–Kier alpha value is -2.35. The molecule has 0 aromatic heterocycles. The molecule has 0 radical (unpaired) electrons. The molecule has 2 heteroatoms. The van der Waals surface area contributed by atoms with Crippen LogP contribution in [0.15, 0.2) is 73.3 Å². The van der Waals surface area contributed by atoms with Crippen LogP contribution in [0.5, 0.6) is 0 Å². The maximum Gasteiger partial charge on any atom is 0.231 e.